The Morgan fingerprint density at radius 1 is 1.12 bits per heavy atom. The van der Waals surface area contributed by atoms with E-state index in [0.29, 0.717) is 29.9 Å². The Kier molecular flexibility index (Phi) is 6.70. The van der Waals surface area contributed by atoms with Crippen LogP contribution in [0, 0.1) is 12.8 Å². The number of anilines is 1. The molecule has 1 amide bonds. The Bertz CT molecular complexity index is 1190. The molecule has 3 aromatic rings. The van der Waals surface area contributed by atoms with E-state index in [-0.39, 0.29) is 5.92 Å². The largest absolute Gasteiger partial charge is 0.377 e. The summed E-state index contributed by atoms with van der Waals surface area (Å²) in [5, 5.41) is 6.37. The number of nitrogens with zero attached hydrogens (tertiary/aromatic N) is 6. The van der Waals surface area contributed by atoms with Crippen molar-refractivity contribution < 1.29 is 9.53 Å². The van der Waals surface area contributed by atoms with Gasteiger partial charge in [0.1, 0.15) is 12.4 Å². The third-order valence-electron chi connectivity index (χ3n) is 6.87. The van der Waals surface area contributed by atoms with Gasteiger partial charge in [0.05, 0.1) is 16.8 Å². The first-order valence-electron chi connectivity index (χ1n) is 12.1. The number of benzene rings is 1. The van der Waals surface area contributed by atoms with Crippen LogP contribution in [0.1, 0.15) is 43.6 Å². The van der Waals surface area contributed by atoms with Gasteiger partial charge >= 0.3 is 0 Å². The highest BCUT2D eigenvalue weighted by molar-refractivity contribution is 6.30. The summed E-state index contributed by atoms with van der Waals surface area (Å²) in [6.07, 6.45) is 5.33. The smallest absolute Gasteiger partial charge is 0.225 e. The van der Waals surface area contributed by atoms with Gasteiger partial charge in [0.15, 0.2) is 11.5 Å². The Labute approximate surface area is 204 Å². The standard InChI is InChI=1S/C25H31ClN6O2/c1-17-22-23(30-11-6-12-31(14-13-30)25(33)18-7-3-4-8-18)27-21(16-34-2)28-24(22)32(29-17)20-10-5-9-19(26)15-20/h5,9-10,15,18H,3-4,6-8,11-14,16H2,1-2H3. The van der Waals surface area contributed by atoms with Crippen molar-refractivity contribution in [2.24, 2.45) is 5.92 Å². The fourth-order valence-electron chi connectivity index (χ4n) is 5.20. The zero-order chi connectivity index (χ0) is 23.7. The van der Waals surface area contributed by atoms with Gasteiger partial charge in [0.25, 0.3) is 0 Å². The van der Waals surface area contributed by atoms with Crippen molar-refractivity contribution in [3.8, 4) is 5.69 Å². The second kappa shape index (κ2) is 9.88. The van der Waals surface area contributed by atoms with Gasteiger partial charge in [-0.1, -0.05) is 30.5 Å². The number of carbonyl (C=O) groups is 1. The van der Waals surface area contributed by atoms with Crippen LogP contribution in [0.25, 0.3) is 16.7 Å². The molecule has 9 heteroatoms. The van der Waals surface area contributed by atoms with Gasteiger partial charge < -0.3 is 14.5 Å². The van der Waals surface area contributed by atoms with Gasteiger partial charge in [0.2, 0.25) is 5.91 Å². The number of ether oxygens (including phenoxy) is 1. The average Bonchev–Trinajstić information content (AvgIpc) is 3.40. The Balaban J connectivity index is 1.50. The summed E-state index contributed by atoms with van der Waals surface area (Å²) in [6.45, 7) is 5.37. The zero-order valence-corrected chi connectivity index (χ0v) is 20.6. The first-order chi connectivity index (χ1) is 16.5. The molecule has 2 aromatic heterocycles. The first-order valence-corrected chi connectivity index (χ1v) is 12.5. The summed E-state index contributed by atoms with van der Waals surface area (Å²) in [5.41, 5.74) is 2.44. The van der Waals surface area contributed by atoms with Crippen molar-refractivity contribution in [3.05, 3.63) is 40.8 Å². The summed E-state index contributed by atoms with van der Waals surface area (Å²) >= 11 is 6.26. The third kappa shape index (κ3) is 4.49. The number of hydrogen-bond acceptors (Lipinski definition) is 6. The fraction of sp³-hybridized carbons (Fsp3) is 0.520. The van der Waals surface area contributed by atoms with E-state index in [1.54, 1.807) is 7.11 Å². The fourth-order valence-corrected chi connectivity index (χ4v) is 5.38. The molecule has 1 aliphatic heterocycles. The van der Waals surface area contributed by atoms with Gasteiger partial charge in [-0.25, -0.2) is 14.6 Å². The highest BCUT2D eigenvalue weighted by atomic mass is 35.5. The van der Waals surface area contributed by atoms with Crippen LogP contribution >= 0.6 is 11.6 Å². The maximum absolute atomic E-state index is 13.0. The van der Waals surface area contributed by atoms with Crippen molar-refractivity contribution in [1.82, 2.24) is 24.6 Å². The zero-order valence-electron chi connectivity index (χ0n) is 19.8. The van der Waals surface area contributed by atoms with Crippen molar-refractivity contribution >= 4 is 34.4 Å². The number of aromatic nitrogens is 4. The minimum atomic E-state index is 0.212. The molecule has 1 saturated heterocycles. The normalized spacial score (nSPS) is 17.5. The van der Waals surface area contributed by atoms with Crippen molar-refractivity contribution in [2.45, 2.75) is 45.6 Å². The summed E-state index contributed by atoms with van der Waals surface area (Å²) in [5.74, 6) is 2.01. The molecule has 0 N–H and O–H groups in total. The van der Waals surface area contributed by atoms with E-state index in [9.17, 15) is 4.79 Å². The second-order valence-electron chi connectivity index (χ2n) is 9.22. The number of halogens is 1. The minimum absolute atomic E-state index is 0.212. The van der Waals surface area contributed by atoms with Crippen LogP contribution in [-0.4, -0.2) is 63.8 Å². The van der Waals surface area contributed by atoms with Crippen molar-refractivity contribution in [3.63, 3.8) is 0 Å². The van der Waals surface area contributed by atoms with Crippen LogP contribution < -0.4 is 4.90 Å². The summed E-state index contributed by atoms with van der Waals surface area (Å²) in [6, 6.07) is 7.59. The van der Waals surface area contributed by atoms with Gasteiger partial charge in [-0.05, 0) is 44.4 Å². The third-order valence-corrected chi connectivity index (χ3v) is 7.10. The van der Waals surface area contributed by atoms with Crippen LogP contribution in [-0.2, 0) is 16.1 Å². The number of carbonyl (C=O) groups excluding carboxylic acids is 1. The molecule has 34 heavy (non-hydrogen) atoms. The van der Waals surface area contributed by atoms with E-state index in [1.807, 2.05) is 35.9 Å². The molecule has 0 radical (unpaired) electrons. The van der Waals surface area contributed by atoms with E-state index in [1.165, 1.54) is 12.8 Å². The van der Waals surface area contributed by atoms with Gasteiger partial charge in [-0.3, -0.25) is 4.79 Å². The molecule has 180 valence electrons. The van der Waals surface area contributed by atoms with Gasteiger partial charge in [-0.15, -0.1) is 0 Å². The number of hydrogen-bond donors (Lipinski definition) is 0. The Morgan fingerprint density at radius 2 is 1.94 bits per heavy atom. The molecular formula is C25H31ClN6O2. The molecule has 1 aromatic carbocycles. The number of methoxy groups -OCH3 is 1. The van der Waals surface area contributed by atoms with Crippen LogP contribution in [0.5, 0.6) is 0 Å². The topological polar surface area (TPSA) is 76.4 Å². The molecule has 2 fully saturated rings. The van der Waals surface area contributed by atoms with Crippen LogP contribution in [0.15, 0.2) is 24.3 Å². The average molecular weight is 483 g/mol. The summed E-state index contributed by atoms with van der Waals surface area (Å²) < 4.78 is 7.20. The lowest BCUT2D eigenvalue weighted by Crippen LogP contribution is -2.38. The van der Waals surface area contributed by atoms with Gasteiger partial charge in [0, 0.05) is 44.2 Å². The van der Waals surface area contributed by atoms with E-state index < -0.39 is 0 Å². The molecule has 0 atom stereocenters. The quantitative estimate of drug-likeness (QED) is 0.543. The molecule has 2 aliphatic rings. The number of amides is 1. The van der Waals surface area contributed by atoms with Crippen LogP contribution in [0.2, 0.25) is 5.02 Å². The monoisotopic (exact) mass is 482 g/mol. The van der Waals surface area contributed by atoms with E-state index in [4.69, 9.17) is 31.4 Å². The number of rotatable bonds is 5. The molecule has 3 heterocycles. The van der Waals surface area contributed by atoms with E-state index in [0.717, 1.165) is 67.1 Å². The van der Waals surface area contributed by atoms with E-state index >= 15 is 0 Å². The number of fused-ring (bicyclic) bond motifs is 1. The summed E-state index contributed by atoms with van der Waals surface area (Å²) in [7, 11) is 1.64. The molecule has 1 saturated carbocycles. The van der Waals surface area contributed by atoms with Crippen molar-refractivity contribution in [1.29, 1.82) is 0 Å². The number of aryl methyl sites for hydroxylation is 1. The maximum atomic E-state index is 13.0. The highest BCUT2D eigenvalue weighted by Crippen LogP contribution is 2.31. The second-order valence-corrected chi connectivity index (χ2v) is 9.66. The van der Waals surface area contributed by atoms with Crippen LogP contribution in [0.3, 0.4) is 0 Å². The maximum Gasteiger partial charge on any atom is 0.225 e. The minimum Gasteiger partial charge on any atom is -0.377 e. The molecule has 0 bridgehead atoms. The molecule has 5 rings (SSSR count). The summed E-state index contributed by atoms with van der Waals surface area (Å²) in [4.78, 5) is 27.1. The van der Waals surface area contributed by atoms with Crippen molar-refractivity contribution in [2.75, 3.05) is 38.2 Å². The van der Waals surface area contributed by atoms with Gasteiger partial charge in [-0.2, -0.15) is 5.10 Å². The van der Waals surface area contributed by atoms with E-state index in [2.05, 4.69) is 9.80 Å². The predicted octanol–water partition coefficient (Wildman–Crippen LogP) is 4.15. The first kappa shape index (κ1) is 23.1. The lowest BCUT2D eigenvalue weighted by Gasteiger charge is -2.25. The SMILES string of the molecule is COCc1nc(N2CCCN(C(=O)C3CCCC3)CC2)c2c(C)nn(-c3cccc(Cl)c3)c2n1. The highest BCUT2D eigenvalue weighted by Gasteiger charge is 2.29. The predicted molar refractivity (Wildman–Crippen MR) is 132 cm³/mol. The lowest BCUT2D eigenvalue weighted by atomic mass is 10.1. The molecule has 8 nitrogen and oxygen atoms in total. The Morgan fingerprint density at radius 3 is 2.71 bits per heavy atom. The molecule has 0 spiro atoms. The molecule has 1 aliphatic carbocycles. The van der Waals surface area contributed by atoms with Crippen LogP contribution in [0.4, 0.5) is 5.82 Å². The Hall–Kier alpha value is -2.71. The molecule has 0 unspecified atom stereocenters. The lowest BCUT2D eigenvalue weighted by molar-refractivity contribution is -0.135. The molecular weight excluding hydrogens is 452 g/mol.